The van der Waals surface area contributed by atoms with Gasteiger partial charge in [0.05, 0.1) is 16.5 Å². The van der Waals surface area contributed by atoms with Crippen molar-refractivity contribution in [2.75, 3.05) is 13.1 Å². The lowest BCUT2D eigenvalue weighted by Gasteiger charge is -2.33. The fourth-order valence-electron chi connectivity index (χ4n) is 3.05. The molecule has 0 bridgehead atoms. The van der Waals surface area contributed by atoms with Gasteiger partial charge in [-0.05, 0) is 48.6 Å². The summed E-state index contributed by atoms with van der Waals surface area (Å²) >= 11 is 1.65. The fourth-order valence-corrected chi connectivity index (χ4v) is 5.08. The smallest absolute Gasteiger partial charge is 0.257 e. The summed E-state index contributed by atoms with van der Waals surface area (Å²) in [6.07, 6.45) is 0.722. The Hall–Kier alpha value is -1.77. The van der Waals surface area contributed by atoms with Crippen LogP contribution in [0, 0.1) is 5.82 Å². The summed E-state index contributed by atoms with van der Waals surface area (Å²) in [5, 5.41) is 1.99. The number of fused-ring (bicyclic) bond motifs is 1. The molecule has 0 saturated heterocycles. The van der Waals surface area contributed by atoms with Gasteiger partial charge < -0.3 is 4.90 Å². The van der Waals surface area contributed by atoms with Crippen LogP contribution in [0.25, 0.3) is 0 Å². The van der Waals surface area contributed by atoms with Gasteiger partial charge in [-0.15, -0.1) is 11.3 Å². The Balaban J connectivity index is 1.95. The first-order valence-corrected chi connectivity index (χ1v) is 10.4. The number of carbonyl (C=O) groups excluding carboxylic acids is 1. The van der Waals surface area contributed by atoms with Crippen LogP contribution in [-0.2, 0) is 16.4 Å². The summed E-state index contributed by atoms with van der Waals surface area (Å²) in [5.74, 6) is -1.21. The molecule has 1 amide bonds. The van der Waals surface area contributed by atoms with Crippen LogP contribution in [0.1, 0.15) is 40.7 Å². The molecule has 25 heavy (non-hydrogen) atoms. The number of amides is 1. The quantitative estimate of drug-likeness (QED) is 0.884. The average molecular weight is 382 g/mol. The molecule has 5 nitrogen and oxygen atoms in total. The molecular weight excluding hydrogens is 363 g/mol. The molecule has 2 aromatic rings. The third kappa shape index (κ3) is 3.33. The van der Waals surface area contributed by atoms with Gasteiger partial charge in [0, 0.05) is 18.0 Å². The van der Waals surface area contributed by atoms with E-state index in [1.807, 2.05) is 18.4 Å². The number of halogens is 1. The minimum Gasteiger partial charge on any atom is -0.331 e. The van der Waals surface area contributed by atoms with Crippen molar-refractivity contribution in [1.29, 1.82) is 0 Å². The lowest BCUT2D eigenvalue weighted by molar-refractivity contribution is 0.0674. The van der Waals surface area contributed by atoms with E-state index in [0.717, 1.165) is 24.1 Å². The number of nitrogens with one attached hydrogen (secondary N) is 1. The number of hydrogen-bond donors (Lipinski definition) is 1. The maximum Gasteiger partial charge on any atom is 0.257 e. The van der Waals surface area contributed by atoms with Crippen molar-refractivity contribution in [2.45, 2.75) is 31.2 Å². The van der Waals surface area contributed by atoms with Crippen molar-refractivity contribution in [1.82, 2.24) is 9.62 Å². The first-order valence-electron chi connectivity index (χ1n) is 8.01. The summed E-state index contributed by atoms with van der Waals surface area (Å²) in [6, 6.07) is 5.12. The lowest BCUT2D eigenvalue weighted by atomic mass is 10.0. The number of hydrogen-bond acceptors (Lipinski definition) is 4. The highest BCUT2D eigenvalue weighted by Gasteiger charge is 2.31. The Morgan fingerprint density at radius 3 is 2.88 bits per heavy atom. The molecule has 1 aliphatic rings. The van der Waals surface area contributed by atoms with Crippen LogP contribution in [0.2, 0.25) is 0 Å². The van der Waals surface area contributed by atoms with Crippen molar-refractivity contribution in [2.24, 2.45) is 0 Å². The zero-order chi connectivity index (χ0) is 18.2. The minimum absolute atomic E-state index is 0.111. The van der Waals surface area contributed by atoms with Crippen molar-refractivity contribution in [3.63, 3.8) is 0 Å². The van der Waals surface area contributed by atoms with E-state index in [1.165, 1.54) is 10.9 Å². The second-order valence-electron chi connectivity index (χ2n) is 5.87. The molecule has 1 atom stereocenters. The Morgan fingerprint density at radius 1 is 1.40 bits per heavy atom. The fraction of sp³-hybridized carbons (Fsp3) is 0.353. The van der Waals surface area contributed by atoms with Crippen LogP contribution in [0.4, 0.5) is 4.39 Å². The van der Waals surface area contributed by atoms with Crippen LogP contribution in [0.15, 0.2) is 34.5 Å². The molecule has 2 heterocycles. The van der Waals surface area contributed by atoms with Crippen molar-refractivity contribution in [3.8, 4) is 0 Å². The van der Waals surface area contributed by atoms with Crippen LogP contribution in [0.5, 0.6) is 0 Å². The Labute approximate surface area is 150 Å². The van der Waals surface area contributed by atoms with E-state index in [9.17, 15) is 17.6 Å². The molecule has 1 aromatic heterocycles. The van der Waals surface area contributed by atoms with Crippen LogP contribution in [0.3, 0.4) is 0 Å². The SMILES string of the molecule is CCNS(=O)(=O)c1ccc(F)c(C(=O)N2CCc3sccc3C2C)c1. The topological polar surface area (TPSA) is 66.5 Å². The molecule has 1 aliphatic heterocycles. The van der Waals surface area contributed by atoms with Gasteiger partial charge in [0.15, 0.2) is 0 Å². The first-order chi connectivity index (χ1) is 11.8. The normalized spacial score (nSPS) is 17.4. The molecule has 1 N–H and O–H groups in total. The lowest BCUT2D eigenvalue weighted by Crippen LogP contribution is -2.38. The zero-order valence-electron chi connectivity index (χ0n) is 14.0. The second-order valence-corrected chi connectivity index (χ2v) is 8.63. The maximum atomic E-state index is 14.3. The molecular formula is C17H19FN2O3S2. The molecule has 0 aliphatic carbocycles. The summed E-state index contributed by atoms with van der Waals surface area (Å²) < 4.78 is 40.9. The van der Waals surface area contributed by atoms with E-state index in [1.54, 1.807) is 23.2 Å². The Morgan fingerprint density at radius 2 is 2.16 bits per heavy atom. The van der Waals surface area contributed by atoms with E-state index >= 15 is 0 Å². The molecule has 1 unspecified atom stereocenters. The number of benzene rings is 1. The van der Waals surface area contributed by atoms with E-state index in [0.29, 0.717) is 6.54 Å². The van der Waals surface area contributed by atoms with Crippen molar-refractivity contribution >= 4 is 27.3 Å². The molecule has 134 valence electrons. The van der Waals surface area contributed by atoms with Gasteiger partial charge in [-0.25, -0.2) is 17.5 Å². The monoisotopic (exact) mass is 382 g/mol. The third-order valence-corrected chi connectivity index (χ3v) is 6.89. The van der Waals surface area contributed by atoms with Gasteiger partial charge in [-0.3, -0.25) is 4.79 Å². The predicted octanol–water partition coefficient (Wildman–Crippen LogP) is 2.94. The minimum atomic E-state index is -3.75. The van der Waals surface area contributed by atoms with Crippen LogP contribution < -0.4 is 4.72 Å². The number of rotatable bonds is 4. The van der Waals surface area contributed by atoms with Crippen molar-refractivity contribution < 1.29 is 17.6 Å². The number of thiophene rings is 1. The van der Waals surface area contributed by atoms with E-state index in [2.05, 4.69) is 4.72 Å². The first kappa shape index (κ1) is 18.0. The van der Waals surface area contributed by atoms with Crippen molar-refractivity contribution in [3.05, 3.63) is 51.5 Å². The summed E-state index contributed by atoms with van der Waals surface area (Å²) in [4.78, 5) is 15.6. The van der Waals surface area contributed by atoms with Gasteiger partial charge >= 0.3 is 0 Å². The standard InChI is InChI=1S/C17H19FN2O3S2/c1-3-19-25(22,23)12-4-5-15(18)14(10-12)17(21)20-8-6-16-13(11(20)2)7-9-24-16/h4-5,7,9-11,19H,3,6,8H2,1-2H3. The number of carbonyl (C=O) groups is 1. The highest BCUT2D eigenvalue weighted by Crippen LogP contribution is 2.34. The Bertz CT molecular complexity index is 908. The van der Waals surface area contributed by atoms with Gasteiger partial charge in [-0.1, -0.05) is 6.92 Å². The average Bonchev–Trinajstić information content (AvgIpc) is 3.04. The van der Waals surface area contributed by atoms with Crippen LogP contribution >= 0.6 is 11.3 Å². The summed E-state index contributed by atoms with van der Waals surface area (Å²) in [7, 11) is -3.75. The predicted molar refractivity (Wildman–Crippen MR) is 94.7 cm³/mol. The second kappa shape index (κ2) is 6.86. The van der Waals surface area contributed by atoms with Gasteiger partial charge in [-0.2, -0.15) is 0 Å². The Kier molecular flexibility index (Phi) is 4.95. The molecule has 0 spiro atoms. The van der Waals surface area contributed by atoms with Gasteiger partial charge in [0.25, 0.3) is 5.91 Å². The molecule has 8 heteroatoms. The van der Waals surface area contributed by atoms with Crippen LogP contribution in [-0.4, -0.2) is 32.3 Å². The molecule has 0 fully saturated rings. The van der Waals surface area contributed by atoms with E-state index in [4.69, 9.17) is 0 Å². The zero-order valence-corrected chi connectivity index (χ0v) is 15.6. The number of nitrogens with zero attached hydrogens (tertiary/aromatic N) is 1. The molecule has 3 rings (SSSR count). The molecule has 0 radical (unpaired) electrons. The third-order valence-electron chi connectivity index (χ3n) is 4.35. The highest BCUT2D eigenvalue weighted by molar-refractivity contribution is 7.89. The summed E-state index contributed by atoms with van der Waals surface area (Å²) in [6.45, 7) is 4.25. The molecule has 0 saturated carbocycles. The van der Waals surface area contributed by atoms with E-state index < -0.39 is 21.7 Å². The largest absolute Gasteiger partial charge is 0.331 e. The molecule has 1 aromatic carbocycles. The number of sulfonamides is 1. The summed E-state index contributed by atoms with van der Waals surface area (Å²) in [5.41, 5.74) is 0.853. The van der Waals surface area contributed by atoms with Gasteiger partial charge in [0.2, 0.25) is 10.0 Å². The highest BCUT2D eigenvalue weighted by atomic mass is 32.2. The maximum absolute atomic E-state index is 14.3. The van der Waals surface area contributed by atoms with E-state index in [-0.39, 0.29) is 23.0 Å². The van der Waals surface area contributed by atoms with Gasteiger partial charge in [0.1, 0.15) is 5.82 Å².